The van der Waals surface area contributed by atoms with Gasteiger partial charge in [0.25, 0.3) is 0 Å². The third-order valence-corrected chi connectivity index (χ3v) is 6.51. The molecule has 0 amide bonds. The first-order valence-electron chi connectivity index (χ1n) is 11.9. The predicted octanol–water partition coefficient (Wildman–Crippen LogP) is 9.61. The van der Waals surface area contributed by atoms with Gasteiger partial charge in [-0.2, -0.15) is 0 Å². The van der Waals surface area contributed by atoms with Gasteiger partial charge >= 0.3 is 0 Å². The van der Waals surface area contributed by atoms with Gasteiger partial charge < -0.3 is 0 Å². The summed E-state index contributed by atoms with van der Waals surface area (Å²) in [7, 11) is 0. The Hall–Kier alpha value is -0.170. The second kappa shape index (κ2) is 19.6. The van der Waals surface area contributed by atoms with Crippen LogP contribution in [0.15, 0.2) is 23.1 Å². The normalized spacial score (nSPS) is 15.8. The Bertz CT molecular complexity index is 342. The molecule has 1 aliphatic carbocycles. The van der Waals surface area contributed by atoms with E-state index >= 15 is 0 Å². The lowest BCUT2D eigenvalue weighted by Crippen LogP contribution is -1.86. The fraction of sp³-hybridized carbons (Fsp3) is 0.840. The van der Waals surface area contributed by atoms with Gasteiger partial charge in [-0.15, -0.1) is 11.8 Å². The summed E-state index contributed by atoms with van der Waals surface area (Å²) in [5.74, 6) is 1.32. The molecular weight excluding hydrogens is 332 g/mol. The van der Waals surface area contributed by atoms with Gasteiger partial charge in [0.2, 0.25) is 0 Å². The van der Waals surface area contributed by atoms with Crippen molar-refractivity contribution in [2.75, 3.05) is 5.75 Å². The summed E-state index contributed by atoms with van der Waals surface area (Å²) in [6, 6.07) is 0. The van der Waals surface area contributed by atoms with Crippen LogP contribution in [0.4, 0.5) is 0 Å². The highest BCUT2D eigenvalue weighted by atomic mass is 32.2. The smallest absolute Gasteiger partial charge is 0.00259 e. The molecule has 0 saturated carbocycles. The summed E-state index contributed by atoms with van der Waals surface area (Å²) in [4.78, 5) is 0. The van der Waals surface area contributed by atoms with Gasteiger partial charge in [-0.3, -0.25) is 0 Å². The minimum absolute atomic E-state index is 1.28. The topological polar surface area (TPSA) is 0 Å². The van der Waals surface area contributed by atoms with Crippen molar-refractivity contribution < 1.29 is 0 Å². The van der Waals surface area contributed by atoms with Crippen LogP contribution < -0.4 is 0 Å². The Labute approximate surface area is 169 Å². The lowest BCUT2D eigenvalue weighted by molar-refractivity contribution is 0.532. The fourth-order valence-electron chi connectivity index (χ4n) is 3.74. The number of hydrogen-bond donors (Lipinski definition) is 0. The van der Waals surface area contributed by atoms with Gasteiger partial charge in [-0.05, 0) is 42.4 Å². The van der Waals surface area contributed by atoms with Gasteiger partial charge in [-0.1, -0.05) is 115 Å². The van der Waals surface area contributed by atoms with E-state index in [-0.39, 0.29) is 0 Å². The lowest BCUT2D eigenvalue weighted by Gasteiger charge is -2.06. The molecule has 0 aromatic rings. The molecule has 0 bridgehead atoms. The molecular formula is C25H46S. The average Bonchev–Trinajstić information content (AvgIpc) is 2.68. The van der Waals surface area contributed by atoms with Crippen LogP contribution in [0.1, 0.15) is 129 Å². The van der Waals surface area contributed by atoms with Gasteiger partial charge in [0, 0.05) is 0 Å². The average molecular weight is 379 g/mol. The third-order valence-electron chi connectivity index (χ3n) is 5.52. The molecule has 0 radical (unpaired) electrons. The molecule has 0 unspecified atom stereocenters. The van der Waals surface area contributed by atoms with Gasteiger partial charge in [0.05, 0.1) is 0 Å². The summed E-state index contributed by atoms with van der Waals surface area (Å²) in [5, 5.41) is 2.40. The molecule has 0 spiro atoms. The van der Waals surface area contributed by atoms with Crippen LogP contribution in [0, 0.1) is 0 Å². The molecule has 26 heavy (non-hydrogen) atoms. The summed E-state index contributed by atoms with van der Waals surface area (Å²) < 4.78 is 0. The minimum atomic E-state index is 1.28. The summed E-state index contributed by atoms with van der Waals surface area (Å²) in [6.45, 7) is 2.30. The highest BCUT2D eigenvalue weighted by Crippen LogP contribution is 2.20. The first kappa shape index (κ1) is 23.9. The standard InChI is InChI=1S/C25H46S/c1-2-3-4-5-6-7-8-9-10-11-12-13-14-15-16-20-23-26-24-25-21-18-17-19-22-25/h18,21,24H,2-17,19-20,22-23H2,1H3. The van der Waals surface area contributed by atoms with E-state index in [1.54, 1.807) is 5.57 Å². The molecule has 0 saturated heterocycles. The van der Waals surface area contributed by atoms with Gasteiger partial charge in [-0.25, -0.2) is 0 Å². The molecule has 0 atom stereocenters. The van der Waals surface area contributed by atoms with E-state index in [1.807, 2.05) is 11.8 Å². The van der Waals surface area contributed by atoms with Crippen molar-refractivity contribution in [2.45, 2.75) is 129 Å². The van der Waals surface area contributed by atoms with E-state index in [0.29, 0.717) is 0 Å². The lowest BCUT2D eigenvalue weighted by atomic mass is 10.0. The fourth-order valence-corrected chi connectivity index (χ4v) is 4.64. The van der Waals surface area contributed by atoms with Gasteiger partial charge in [0.15, 0.2) is 0 Å². The Morgan fingerprint density at radius 3 is 1.69 bits per heavy atom. The van der Waals surface area contributed by atoms with Crippen LogP contribution in [0.2, 0.25) is 0 Å². The minimum Gasteiger partial charge on any atom is -0.134 e. The van der Waals surface area contributed by atoms with Crippen molar-refractivity contribution in [2.24, 2.45) is 0 Å². The first-order valence-corrected chi connectivity index (χ1v) is 13.0. The molecule has 0 heterocycles. The van der Waals surface area contributed by atoms with Crippen LogP contribution in [0.3, 0.4) is 0 Å². The molecule has 1 rings (SSSR count). The molecule has 1 aliphatic rings. The maximum atomic E-state index is 2.40. The highest BCUT2D eigenvalue weighted by Gasteiger charge is 1.98. The van der Waals surface area contributed by atoms with Crippen LogP contribution >= 0.6 is 11.8 Å². The molecule has 152 valence electrons. The van der Waals surface area contributed by atoms with Crippen molar-refractivity contribution in [3.8, 4) is 0 Å². The predicted molar refractivity (Wildman–Crippen MR) is 123 cm³/mol. The second-order valence-corrected chi connectivity index (χ2v) is 9.14. The number of allylic oxidation sites excluding steroid dienone is 3. The van der Waals surface area contributed by atoms with Crippen LogP contribution in [-0.4, -0.2) is 5.75 Å². The summed E-state index contributed by atoms with van der Waals surface area (Å²) >= 11 is 2.03. The van der Waals surface area contributed by atoms with Crippen molar-refractivity contribution >= 4 is 11.8 Å². The van der Waals surface area contributed by atoms with E-state index in [0.717, 1.165) is 0 Å². The van der Waals surface area contributed by atoms with E-state index in [9.17, 15) is 0 Å². The van der Waals surface area contributed by atoms with Crippen LogP contribution in [0.5, 0.6) is 0 Å². The zero-order chi connectivity index (χ0) is 18.5. The second-order valence-electron chi connectivity index (χ2n) is 8.16. The van der Waals surface area contributed by atoms with Crippen molar-refractivity contribution in [3.05, 3.63) is 23.1 Å². The molecule has 0 aromatic heterocycles. The number of unbranched alkanes of at least 4 members (excludes halogenated alkanes) is 15. The van der Waals surface area contributed by atoms with E-state index in [2.05, 4.69) is 24.5 Å². The maximum Gasteiger partial charge on any atom is -0.00259 e. The third kappa shape index (κ3) is 16.0. The highest BCUT2D eigenvalue weighted by molar-refractivity contribution is 8.02. The summed E-state index contributed by atoms with van der Waals surface area (Å²) in [5.41, 5.74) is 1.55. The van der Waals surface area contributed by atoms with E-state index < -0.39 is 0 Å². The van der Waals surface area contributed by atoms with E-state index in [4.69, 9.17) is 0 Å². The number of rotatable bonds is 18. The zero-order valence-corrected chi connectivity index (χ0v) is 18.6. The Balaban J connectivity index is 1.69. The molecule has 0 aliphatic heterocycles. The number of hydrogen-bond acceptors (Lipinski definition) is 1. The molecule has 0 N–H and O–H groups in total. The molecule has 1 heteroatoms. The summed E-state index contributed by atoms with van der Waals surface area (Å²) in [6.07, 6.45) is 31.9. The van der Waals surface area contributed by atoms with Crippen molar-refractivity contribution in [1.82, 2.24) is 0 Å². The van der Waals surface area contributed by atoms with Crippen LogP contribution in [0.25, 0.3) is 0 Å². The van der Waals surface area contributed by atoms with Crippen LogP contribution in [-0.2, 0) is 0 Å². The zero-order valence-electron chi connectivity index (χ0n) is 17.8. The van der Waals surface area contributed by atoms with Crippen molar-refractivity contribution in [1.29, 1.82) is 0 Å². The number of thioether (sulfide) groups is 1. The SMILES string of the molecule is CCCCCCCCCCCCCCCCCCSC=C1C=CCCC1. The Morgan fingerprint density at radius 2 is 1.23 bits per heavy atom. The van der Waals surface area contributed by atoms with E-state index in [1.165, 1.54) is 128 Å². The quantitative estimate of drug-likeness (QED) is 0.214. The van der Waals surface area contributed by atoms with Gasteiger partial charge in [0.1, 0.15) is 0 Å². The largest absolute Gasteiger partial charge is 0.134 e. The maximum absolute atomic E-state index is 2.40. The Morgan fingerprint density at radius 1 is 0.731 bits per heavy atom. The first-order chi connectivity index (χ1) is 12.9. The molecule has 0 aromatic carbocycles. The molecule has 0 fully saturated rings. The Kier molecular flexibility index (Phi) is 18.0. The van der Waals surface area contributed by atoms with Crippen molar-refractivity contribution in [3.63, 3.8) is 0 Å². The monoisotopic (exact) mass is 378 g/mol. The molecule has 0 nitrogen and oxygen atoms in total.